The molecule has 1 heterocycles. The molecule has 0 aliphatic carbocycles. The van der Waals surface area contributed by atoms with Gasteiger partial charge in [0.05, 0.1) is 12.6 Å². The summed E-state index contributed by atoms with van der Waals surface area (Å²) in [6.07, 6.45) is 5.68. The molecule has 0 radical (unpaired) electrons. The normalized spacial score (nSPS) is 9.00. The second-order valence-corrected chi connectivity index (χ2v) is 1.99. The second kappa shape index (κ2) is 3.52. The van der Waals surface area contributed by atoms with Gasteiger partial charge in [0.1, 0.15) is 5.70 Å². The van der Waals surface area contributed by atoms with Gasteiger partial charge in [0.25, 0.3) is 0 Å². The van der Waals surface area contributed by atoms with Crippen LogP contribution in [0.2, 0.25) is 0 Å². The van der Waals surface area contributed by atoms with Crippen molar-refractivity contribution in [3.63, 3.8) is 0 Å². The van der Waals surface area contributed by atoms with Gasteiger partial charge < -0.3 is 9.30 Å². The van der Waals surface area contributed by atoms with Crippen molar-refractivity contribution in [3.05, 3.63) is 38.1 Å². The van der Waals surface area contributed by atoms with E-state index in [0.29, 0.717) is 0 Å². The quantitative estimate of drug-likeness (QED) is 0.381. The fraction of sp³-hybridized carbons (Fsp3) is 0. The molecule has 0 saturated carbocycles. The van der Waals surface area contributed by atoms with Crippen molar-refractivity contribution in [1.82, 2.24) is 9.55 Å². The van der Waals surface area contributed by atoms with E-state index in [0.717, 1.165) is 6.26 Å². The van der Waals surface area contributed by atoms with Crippen LogP contribution in [0, 0.1) is 0 Å². The monoisotopic (exact) mass is 164 g/mol. The Morgan fingerprint density at radius 2 is 2.42 bits per heavy atom. The fourth-order valence-electron chi connectivity index (χ4n) is 0.668. The Balaban J connectivity index is 2.72. The van der Waals surface area contributed by atoms with Crippen molar-refractivity contribution in [3.8, 4) is 0 Å². The summed E-state index contributed by atoms with van der Waals surface area (Å²) in [6, 6.07) is 0. The molecule has 0 bridgehead atoms. The van der Waals surface area contributed by atoms with E-state index < -0.39 is 5.97 Å². The molecule has 0 spiro atoms. The number of nitrogens with zero attached hydrogens (tertiary/aromatic N) is 2. The molecule has 4 heteroatoms. The maximum Gasteiger partial charge on any atom is 0.359 e. The number of carbonyl (C=O) groups excluding carboxylic acids is 1. The zero-order valence-electron chi connectivity index (χ0n) is 6.43. The van der Waals surface area contributed by atoms with Gasteiger partial charge in [-0.1, -0.05) is 13.2 Å². The standard InChI is InChI=1S/C8H8N2O2/c1-3-12-8(11)7(2)10-5-4-9-6-10/h3-6H,1-2H2. The number of hydrogen-bond acceptors (Lipinski definition) is 3. The summed E-state index contributed by atoms with van der Waals surface area (Å²) < 4.78 is 5.97. The van der Waals surface area contributed by atoms with Crippen LogP contribution in [0.4, 0.5) is 0 Å². The van der Waals surface area contributed by atoms with Crippen LogP contribution in [0.5, 0.6) is 0 Å². The highest BCUT2D eigenvalue weighted by atomic mass is 16.5. The minimum absolute atomic E-state index is 0.201. The van der Waals surface area contributed by atoms with Gasteiger partial charge in [-0.05, 0) is 0 Å². The highest BCUT2D eigenvalue weighted by Crippen LogP contribution is 2.02. The predicted molar refractivity (Wildman–Crippen MR) is 43.8 cm³/mol. The van der Waals surface area contributed by atoms with Crippen molar-refractivity contribution in [2.24, 2.45) is 0 Å². The van der Waals surface area contributed by atoms with Crippen LogP contribution in [0.3, 0.4) is 0 Å². The lowest BCUT2D eigenvalue weighted by Crippen LogP contribution is -2.06. The minimum atomic E-state index is -0.539. The Morgan fingerprint density at radius 1 is 1.67 bits per heavy atom. The Kier molecular flexibility index (Phi) is 2.42. The zero-order chi connectivity index (χ0) is 8.97. The molecule has 4 nitrogen and oxygen atoms in total. The van der Waals surface area contributed by atoms with E-state index in [4.69, 9.17) is 0 Å². The van der Waals surface area contributed by atoms with Gasteiger partial charge in [-0.3, -0.25) is 0 Å². The number of imidazole rings is 1. The second-order valence-electron chi connectivity index (χ2n) is 1.99. The number of rotatable bonds is 3. The van der Waals surface area contributed by atoms with Gasteiger partial charge >= 0.3 is 5.97 Å². The first kappa shape index (κ1) is 8.26. The first-order valence-corrected chi connectivity index (χ1v) is 3.25. The highest BCUT2D eigenvalue weighted by molar-refractivity contribution is 6.09. The molecule has 0 aliphatic rings. The van der Waals surface area contributed by atoms with Gasteiger partial charge in [-0.25, -0.2) is 9.78 Å². The van der Waals surface area contributed by atoms with Gasteiger partial charge in [-0.2, -0.15) is 0 Å². The van der Waals surface area contributed by atoms with Gasteiger partial charge in [-0.15, -0.1) is 0 Å². The first-order valence-electron chi connectivity index (χ1n) is 3.25. The Labute approximate surface area is 69.8 Å². The van der Waals surface area contributed by atoms with Crippen LogP contribution < -0.4 is 0 Å². The van der Waals surface area contributed by atoms with Crippen LogP contribution in [0.1, 0.15) is 0 Å². The fourth-order valence-corrected chi connectivity index (χ4v) is 0.668. The van der Waals surface area contributed by atoms with Crippen molar-refractivity contribution in [2.75, 3.05) is 0 Å². The summed E-state index contributed by atoms with van der Waals surface area (Å²) >= 11 is 0. The molecule has 0 saturated heterocycles. The highest BCUT2D eigenvalue weighted by Gasteiger charge is 2.07. The van der Waals surface area contributed by atoms with Crippen molar-refractivity contribution >= 4 is 11.7 Å². The zero-order valence-corrected chi connectivity index (χ0v) is 6.43. The summed E-state index contributed by atoms with van der Waals surface area (Å²) in [7, 11) is 0. The van der Waals surface area contributed by atoms with E-state index in [1.807, 2.05) is 0 Å². The maximum absolute atomic E-state index is 11.0. The van der Waals surface area contributed by atoms with Gasteiger partial charge in [0, 0.05) is 12.4 Å². The molecule has 12 heavy (non-hydrogen) atoms. The molecule has 0 aromatic carbocycles. The Bertz CT molecular complexity index is 301. The first-order chi connectivity index (χ1) is 5.75. The number of ether oxygens (including phenoxy) is 1. The molecular weight excluding hydrogens is 156 g/mol. The van der Waals surface area contributed by atoms with E-state index in [9.17, 15) is 4.79 Å². The van der Waals surface area contributed by atoms with Crippen LogP contribution in [-0.2, 0) is 9.53 Å². The van der Waals surface area contributed by atoms with Gasteiger partial charge in [0.15, 0.2) is 0 Å². The lowest BCUT2D eigenvalue weighted by atomic mass is 10.5. The van der Waals surface area contributed by atoms with Crippen LogP contribution >= 0.6 is 0 Å². The van der Waals surface area contributed by atoms with Crippen LogP contribution in [0.15, 0.2) is 38.1 Å². The molecule has 0 unspecified atom stereocenters. The molecule has 0 aliphatic heterocycles. The largest absolute Gasteiger partial charge is 0.430 e. The Hall–Kier alpha value is -1.84. The molecule has 0 atom stereocenters. The summed E-state index contributed by atoms with van der Waals surface area (Å²) in [5, 5.41) is 0. The lowest BCUT2D eigenvalue weighted by molar-refractivity contribution is -0.131. The maximum atomic E-state index is 11.0. The van der Waals surface area contributed by atoms with Crippen molar-refractivity contribution in [2.45, 2.75) is 0 Å². The number of hydrogen-bond donors (Lipinski definition) is 0. The number of aromatic nitrogens is 2. The van der Waals surface area contributed by atoms with Crippen LogP contribution in [0.25, 0.3) is 5.70 Å². The number of esters is 1. The van der Waals surface area contributed by atoms with Gasteiger partial charge in [0.2, 0.25) is 0 Å². The molecule has 0 N–H and O–H groups in total. The van der Waals surface area contributed by atoms with E-state index >= 15 is 0 Å². The molecule has 62 valence electrons. The van der Waals surface area contributed by atoms with E-state index in [1.54, 1.807) is 12.4 Å². The third-order valence-electron chi connectivity index (χ3n) is 1.24. The molecule has 1 aromatic heterocycles. The molecule has 1 rings (SSSR count). The van der Waals surface area contributed by atoms with Crippen molar-refractivity contribution in [1.29, 1.82) is 0 Å². The predicted octanol–water partition coefficient (Wildman–Crippen LogP) is 1.04. The van der Waals surface area contributed by atoms with Crippen molar-refractivity contribution < 1.29 is 9.53 Å². The molecule has 0 amide bonds. The summed E-state index contributed by atoms with van der Waals surface area (Å²) in [6.45, 7) is 6.77. The molecule has 0 fully saturated rings. The lowest BCUT2D eigenvalue weighted by Gasteiger charge is -2.02. The van der Waals surface area contributed by atoms with E-state index in [1.165, 1.54) is 10.9 Å². The summed E-state index contributed by atoms with van der Waals surface area (Å²) in [5.41, 5.74) is 0.201. The summed E-state index contributed by atoms with van der Waals surface area (Å²) in [5.74, 6) is -0.539. The minimum Gasteiger partial charge on any atom is -0.430 e. The third-order valence-corrected chi connectivity index (χ3v) is 1.24. The topological polar surface area (TPSA) is 44.1 Å². The average molecular weight is 164 g/mol. The average Bonchev–Trinajstić information content (AvgIpc) is 2.55. The van der Waals surface area contributed by atoms with Crippen LogP contribution in [-0.4, -0.2) is 15.5 Å². The third kappa shape index (κ3) is 1.60. The smallest absolute Gasteiger partial charge is 0.359 e. The molecular formula is C8H8N2O2. The SMILES string of the molecule is C=COC(=O)C(=C)n1ccnc1. The number of carbonyl (C=O) groups is 1. The Morgan fingerprint density at radius 3 is 2.92 bits per heavy atom. The molecule has 1 aromatic rings. The summed E-state index contributed by atoms with van der Waals surface area (Å²) in [4.78, 5) is 14.8. The van der Waals surface area contributed by atoms with E-state index in [-0.39, 0.29) is 5.70 Å². The van der Waals surface area contributed by atoms with E-state index in [2.05, 4.69) is 22.9 Å².